The predicted molar refractivity (Wildman–Crippen MR) is 89.1 cm³/mol. The molecule has 0 saturated carbocycles. The lowest BCUT2D eigenvalue weighted by atomic mass is 9.96. The van der Waals surface area contributed by atoms with Crippen LogP contribution in [0.1, 0.15) is 26.3 Å². The summed E-state index contributed by atoms with van der Waals surface area (Å²) in [4.78, 5) is 28.2. The zero-order valence-corrected chi connectivity index (χ0v) is 15.2. The van der Waals surface area contributed by atoms with Crippen molar-refractivity contribution in [1.82, 2.24) is 15.2 Å². The molecule has 1 aliphatic heterocycles. The van der Waals surface area contributed by atoms with Crippen molar-refractivity contribution in [1.29, 1.82) is 0 Å². The number of halogens is 3. The highest BCUT2D eigenvalue weighted by Crippen LogP contribution is 2.37. The number of aromatic nitrogens is 1. The van der Waals surface area contributed by atoms with Crippen LogP contribution in [0.25, 0.3) is 0 Å². The van der Waals surface area contributed by atoms with Crippen LogP contribution < -0.4 is 10.1 Å². The molecule has 0 radical (unpaired) electrons. The first-order valence-corrected chi connectivity index (χ1v) is 8.33. The lowest BCUT2D eigenvalue weighted by Crippen LogP contribution is -2.39. The van der Waals surface area contributed by atoms with E-state index in [1.165, 1.54) is 6.20 Å². The van der Waals surface area contributed by atoms with Crippen LogP contribution in [0.4, 0.5) is 18.0 Å². The summed E-state index contributed by atoms with van der Waals surface area (Å²) >= 11 is 0. The smallest absolute Gasteiger partial charge is 0.394 e. The maximum atomic E-state index is 13.0. The van der Waals surface area contributed by atoms with Gasteiger partial charge in [0.15, 0.2) is 0 Å². The minimum Gasteiger partial charge on any atom is -0.481 e. The van der Waals surface area contributed by atoms with E-state index in [4.69, 9.17) is 9.84 Å². The van der Waals surface area contributed by atoms with Crippen LogP contribution in [0, 0.1) is 11.8 Å². The van der Waals surface area contributed by atoms with Crippen molar-refractivity contribution in [3.8, 4) is 5.88 Å². The lowest BCUT2D eigenvalue weighted by Gasteiger charge is -2.20. The van der Waals surface area contributed by atoms with E-state index >= 15 is 0 Å². The van der Waals surface area contributed by atoms with Crippen LogP contribution >= 0.6 is 0 Å². The molecule has 2 atom stereocenters. The van der Waals surface area contributed by atoms with Crippen LogP contribution in [-0.4, -0.2) is 51.9 Å². The number of nitrogens with zero attached hydrogens (tertiary/aromatic N) is 2. The highest BCUT2D eigenvalue weighted by molar-refractivity contribution is 5.77. The minimum absolute atomic E-state index is 0.0482. The zero-order chi connectivity index (χ0) is 20.4. The summed E-state index contributed by atoms with van der Waals surface area (Å²) in [5, 5.41) is 11.5. The highest BCUT2D eigenvalue weighted by Gasteiger charge is 2.53. The monoisotopic (exact) mass is 389 g/mol. The van der Waals surface area contributed by atoms with Gasteiger partial charge in [0.05, 0.1) is 11.8 Å². The third-order valence-electron chi connectivity index (χ3n) is 4.00. The van der Waals surface area contributed by atoms with Crippen molar-refractivity contribution >= 4 is 12.0 Å². The number of alkyl halides is 3. The number of carbonyl (C=O) groups excluding carboxylic acids is 1. The molecule has 0 bridgehead atoms. The van der Waals surface area contributed by atoms with Crippen molar-refractivity contribution in [3.63, 3.8) is 0 Å². The second-order valence-corrected chi connectivity index (χ2v) is 7.38. The fourth-order valence-corrected chi connectivity index (χ4v) is 2.73. The molecule has 2 N–H and O–H groups in total. The minimum atomic E-state index is -4.68. The van der Waals surface area contributed by atoms with Crippen molar-refractivity contribution < 1.29 is 32.6 Å². The number of carboxylic acid groups (broad SMARTS) is 1. The largest absolute Gasteiger partial charge is 0.481 e. The Hall–Kier alpha value is -2.52. The van der Waals surface area contributed by atoms with Gasteiger partial charge in [0.25, 0.3) is 0 Å². The Morgan fingerprint density at radius 1 is 1.30 bits per heavy atom. The van der Waals surface area contributed by atoms with Gasteiger partial charge in [0.2, 0.25) is 5.88 Å². The van der Waals surface area contributed by atoms with Gasteiger partial charge in [-0.15, -0.1) is 0 Å². The predicted octanol–water partition coefficient (Wildman–Crippen LogP) is 2.66. The summed E-state index contributed by atoms with van der Waals surface area (Å²) in [5.41, 5.74) is 0.222. The Bertz CT molecular complexity index is 686. The summed E-state index contributed by atoms with van der Waals surface area (Å²) in [6.45, 7) is 4.50. The average Bonchev–Trinajstić information content (AvgIpc) is 2.98. The van der Waals surface area contributed by atoms with Crippen LogP contribution in [0.15, 0.2) is 18.3 Å². The fourth-order valence-electron chi connectivity index (χ4n) is 2.73. The van der Waals surface area contributed by atoms with E-state index in [9.17, 15) is 22.8 Å². The molecule has 150 valence electrons. The molecule has 1 fully saturated rings. The van der Waals surface area contributed by atoms with Crippen LogP contribution in [-0.2, 0) is 11.3 Å². The lowest BCUT2D eigenvalue weighted by molar-refractivity contribution is -0.187. The second kappa shape index (κ2) is 7.61. The Morgan fingerprint density at radius 3 is 2.41 bits per heavy atom. The molecule has 0 unspecified atom stereocenters. The molecular formula is C17H22F3N3O4. The Balaban J connectivity index is 1.93. The molecule has 0 aliphatic carbocycles. The maximum Gasteiger partial charge on any atom is 0.394 e. The number of nitrogens with one attached hydrogen (secondary N) is 1. The Labute approximate surface area is 154 Å². The molecule has 2 rings (SSSR count). The fraction of sp³-hybridized carbons (Fsp3) is 0.588. The highest BCUT2D eigenvalue weighted by atomic mass is 19.4. The number of urea groups is 1. The molecule has 1 saturated heterocycles. The molecule has 1 aliphatic rings. The average molecular weight is 389 g/mol. The number of ether oxygens (including phenoxy) is 1. The summed E-state index contributed by atoms with van der Waals surface area (Å²) in [6.07, 6.45) is -3.19. The van der Waals surface area contributed by atoms with Gasteiger partial charge in [0, 0.05) is 31.9 Å². The number of rotatable bonds is 4. The van der Waals surface area contributed by atoms with Crippen molar-refractivity contribution in [2.45, 2.75) is 39.1 Å². The SMILES string of the molecule is CC(C)(C)Oc1ccc(CNC(=O)N2C[C@@H](C(F)(F)F)[C@H](C(=O)O)C2)cn1. The third-order valence-corrected chi connectivity index (χ3v) is 4.00. The van der Waals surface area contributed by atoms with Crippen molar-refractivity contribution in [2.24, 2.45) is 11.8 Å². The van der Waals surface area contributed by atoms with Crippen LogP contribution in [0.5, 0.6) is 5.88 Å². The first kappa shape index (κ1) is 20.8. The van der Waals surface area contributed by atoms with Gasteiger partial charge in [-0.2, -0.15) is 13.2 Å². The van der Waals surface area contributed by atoms with Gasteiger partial charge < -0.3 is 20.1 Å². The standard InChI is InChI=1S/C17H22F3N3O4/c1-16(2,3)27-13-5-4-10(6-21-13)7-22-15(26)23-8-11(14(24)25)12(9-23)17(18,19)20/h4-6,11-12H,7-9H2,1-3H3,(H,22,26)(H,24,25)/t11-,12-/m1/s1. The molecule has 1 aromatic heterocycles. The number of hydrogen-bond donors (Lipinski definition) is 2. The summed E-state index contributed by atoms with van der Waals surface area (Å²) in [7, 11) is 0. The van der Waals surface area contributed by atoms with Gasteiger partial charge in [0.1, 0.15) is 5.60 Å². The number of likely N-dealkylation sites (tertiary alicyclic amines) is 1. The maximum absolute atomic E-state index is 13.0. The van der Waals surface area contributed by atoms with E-state index in [0.717, 1.165) is 4.90 Å². The molecule has 0 aromatic carbocycles. The van der Waals surface area contributed by atoms with Crippen molar-refractivity contribution in [2.75, 3.05) is 13.1 Å². The second-order valence-electron chi connectivity index (χ2n) is 7.38. The number of aliphatic carboxylic acids is 1. The molecule has 1 aromatic rings. The van der Waals surface area contributed by atoms with E-state index in [1.54, 1.807) is 12.1 Å². The normalized spacial score (nSPS) is 20.4. The zero-order valence-electron chi connectivity index (χ0n) is 15.2. The number of carbonyl (C=O) groups is 2. The van der Waals surface area contributed by atoms with Gasteiger partial charge >= 0.3 is 18.2 Å². The molecule has 7 nitrogen and oxygen atoms in total. The van der Waals surface area contributed by atoms with E-state index in [-0.39, 0.29) is 6.54 Å². The van der Waals surface area contributed by atoms with E-state index in [0.29, 0.717) is 11.4 Å². The van der Waals surface area contributed by atoms with Crippen molar-refractivity contribution in [3.05, 3.63) is 23.9 Å². The topological polar surface area (TPSA) is 91.8 Å². The molecule has 2 heterocycles. The van der Waals surface area contributed by atoms with E-state index in [1.807, 2.05) is 20.8 Å². The Morgan fingerprint density at radius 2 is 1.96 bits per heavy atom. The molecule has 2 amide bonds. The van der Waals surface area contributed by atoms with Gasteiger partial charge in [-0.1, -0.05) is 6.07 Å². The van der Waals surface area contributed by atoms with E-state index in [2.05, 4.69) is 10.3 Å². The number of amides is 2. The summed E-state index contributed by atoms with van der Waals surface area (Å²) in [5.74, 6) is -4.89. The first-order chi connectivity index (χ1) is 12.4. The number of pyridine rings is 1. The van der Waals surface area contributed by atoms with Gasteiger partial charge in [-0.25, -0.2) is 9.78 Å². The Kier molecular flexibility index (Phi) is 5.86. The van der Waals surface area contributed by atoms with Gasteiger partial charge in [-0.3, -0.25) is 4.79 Å². The van der Waals surface area contributed by atoms with Crippen LogP contribution in [0.3, 0.4) is 0 Å². The molecule has 0 spiro atoms. The summed E-state index contributed by atoms with van der Waals surface area (Å²) in [6, 6.07) is 2.56. The van der Waals surface area contributed by atoms with E-state index < -0.39 is 48.7 Å². The first-order valence-electron chi connectivity index (χ1n) is 8.33. The molecule has 10 heteroatoms. The molecule has 27 heavy (non-hydrogen) atoms. The number of hydrogen-bond acceptors (Lipinski definition) is 4. The molecular weight excluding hydrogens is 367 g/mol. The quantitative estimate of drug-likeness (QED) is 0.826. The number of carboxylic acids is 1. The van der Waals surface area contributed by atoms with Gasteiger partial charge in [-0.05, 0) is 26.3 Å². The van der Waals surface area contributed by atoms with Crippen LogP contribution in [0.2, 0.25) is 0 Å². The summed E-state index contributed by atoms with van der Waals surface area (Å²) < 4.78 is 44.5. The third kappa shape index (κ3) is 5.73.